The van der Waals surface area contributed by atoms with E-state index in [4.69, 9.17) is 9.47 Å². The smallest absolute Gasteiger partial charge is 0.410 e. The minimum absolute atomic E-state index is 0.0441. The topological polar surface area (TPSA) is 67.9 Å². The Balaban J connectivity index is 2.32. The molecule has 1 rings (SSSR count). The fourth-order valence-corrected chi connectivity index (χ4v) is 2.78. The number of nitrogens with zero attached hydrogens (tertiary/aromatic N) is 1. The van der Waals surface area contributed by atoms with E-state index in [1.165, 1.54) is 0 Å². The Bertz CT molecular complexity index is 412. The Morgan fingerprint density at radius 3 is 2.29 bits per heavy atom. The average Bonchev–Trinajstić information content (AvgIpc) is 2.51. The monoisotopic (exact) mass is 342 g/mol. The van der Waals surface area contributed by atoms with Crippen LogP contribution in [0.25, 0.3) is 0 Å². The van der Waals surface area contributed by atoms with E-state index < -0.39 is 5.60 Å². The number of amides is 1. The van der Waals surface area contributed by atoms with Crippen molar-refractivity contribution in [2.45, 2.75) is 78.0 Å². The van der Waals surface area contributed by atoms with Crippen LogP contribution in [0.1, 0.15) is 60.3 Å². The summed E-state index contributed by atoms with van der Waals surface area (Å²) < 4.78 is 10.5. The molecule has 1 unspecified atom stereocenters. The second-order valence-electron chi connectivity index (χ2n) is 7.65. The second-order valence-corrected chi connectivity index (χ2v) is 7.65. The van der Waals surface area contributed by atoms with Gasteiger partial charge in [-0.3, -0.25) is 4.79 Å². The van der Waals surface area contributed by atoms with Gasteiger partial charge in [0.05, 0.1) is 12.5 Å². The number of hydrogen-bond acceptors (Lipinski definition) is 5. The van der Waals surface area contributed by atoms with Crippen molar-refractivity contribution in [3.63, 3.8) is 0 Å². The lowest BCUT2D eigenvalue weighted by Crippen LogP contribution is -2.46. The number of hydrogen-bond donors (Lipinski definition) is 1. The molecule has 0 radical (unpaired) electrons. The van der Waals surface area contributed by atoms with Crippen LogP contribution < -0.4 is 5.32 Å². The predicted octanol–water partition coefficient (Wildman–Crippen LogP) is 2.95. The van der Waals surface area contributed by atoms with Gasteiger partial charge in [0.15, 0.2) is 0 Å². The van der Waals surface area contributed by atoms with Crippen LogP contribution in [0.5, 0.6) is 0 Å². The quantitative estimate of drug-likeness (QED) is 0.752. The van der Waals surface area contributed by atoms with Crippen LogP contribution in [0.4, 0.5) is 4.79 Å². The Labute approximate surface area is 146 Å². The number of carbonyl (C=O) groups excluding carboxylic acids is 2. The minimum atomic E-state index is -0.482. The van der Waals surface area contributed by atoms with Crippen LogP contribution in [0, 0.1) is 5.92 Å². The molecular weight excluding hydrogens is 308 g/mol. The largest absolute Gasteiger partial charge is 0.466 e. The summed E-state index contributed by atoms with van der Waals surface area (Å²) in [6, 6.07) is 0.438. The molecule has 24 heavy (non-hydrogen) atoms. The first-order valence-corrected chi connectivity index (χ1v) is 8.99. The lowest BCUT2D eigenvalue weighted by Gasteiger charge is -2.32. The van der Waals surface area contributed by atoms with Gasteiger partial charge in [-0.15, -0.1) is 0 Å². The highest BCUT2D eigenvalue weighted by atomic mass is 16.6. The first kappa shape index (κ1) is 20.7. The molecule has 0 spiro atoms. The number of likely N-dealkylation sites (N-methyl/N-ethyl adjacent to an activating group) is 1. The van der Waals surface area contributed by atoms with Crippen molar-refractivity contribution < 1.29 is 19.1 Å². The normalized spacial score (nSPS) is 22.6. The molecule has 6 nitrogen and oxygen atoms in total. The van der Waals surface area contributed by atoms with E-state index in [1.807, 2.05) is 34.6 Å². The fourth-order valence-electron chi connectivity index (χ4n) is 2.78. The highest BCUT2D eigenvalue weighted by Gasteiger charge is 2.28. The molecule has 1 fully saturated rings. The first-order valence-electron chi connectivity index (χ1n) is 8.99. The predicted molar refractivity (Wildman–Crippen MR) is 93.8 cm³/mol. The van der Waals surface area contributed by atoms with Crippen molar-refractivity contribution in [3.05, 3.63) is 0 Å². The number of rotatable bonds is 6. The van der Waals surface area contributed by atoms with Crippen LogP contribution in [-0.2, 0) is 14.3 Å². The average molecular weight is 342 g/mol. The first-order chi connectivity index (χ1) is 11.1. The Kier molecular flexibility index (Phi) is 8.00. The van der Waals surface area contributed by atoms with Gasteiger partial charge in [0, 0.05) is 25.7 Å². The van der Waals surface area contributed by atoms with Crippen molar-refractivity contribution in [2.24, 2.45) is 5.92 Å². The van der Waals surface area contributed by atoms with Gasteiger partial charge in [0.25, 0.3) is 0 Å². The Morgan fingerprint density at radius 2 is 1.79 bits per heavy atom. The summed E-state index contributed by atoms with van der Waals surface area (Å²) in [6.07, 6.45) is 3.36. The van der Waals surface area contributed by atoms with Gasteiger partial charge < -0.3 is 19.7 Å². The molecule has 1 atom stereocenters. The Hall–Kier alpha value is -1.30. The molecule has 0 aromatic carbocycles. The lowest BCUT2D eigenvalue weighted by atomic mass is 9.86. The summed E-state index contributed by atoms with van der Waals surface area (Å²) in [7, 11) is 1.76. The highest BCUT2D eigenvalue weighted by molar-refractivity contribution is 5.72. The highest BCUT2D eigenvalue weighted by Crippen LogP contribution is 2.25. The zero-order valence-corrected chi connectivity index (χ0v) is 16.1. The maximum absolute atomic E-state index is 12.1. The van der Waals surface area contributed by atoms with Crippen LogP contribution in [0.3, 0.4) is 0 Å². The third kappa shape index (κ3) is 7.07. The fraction of sp³-hybridized carbons (Fsp3) is 0.889. The van der Waals surface area contributed by atoms with Gasteiger partial charge in [-0.2, -0.15) is 0 Å². The minimum Gasteiger partial charge on any atom is -0.466 e. The molecule has 0 heterocycles. The van der Waals surface area contributed by atoms with Crippen LogP contribution >= 0.6 is 0 Å². The molecule has 140 valence electrons. The van der Waals surface area contributed by atoms with Crippen LogP contribution in [-0.4, -0.2) is 54.8 Å². The molecule has 0 bridgehead atoms. The van der Waals surface area contributed by atoms with Gasteiger partial charge in [-0.25, -0.2) is 4.79 Å². The molecule has 1 aliphatic carbocycles. The lowest BCUT2D eigenvalue weighted by molar-refractivity contribution is -0.149. The molecule has 0 saturated heterocycles. The third-order valence-electron chi connectivity index (χ3n) is 4.39. The summed E-state index contributed by atoms with van der Waals surface area (Å²) in [4.78, 5) is 25.4. The maximum atomic E-state index is 12.1. The summed E-state index contributed by atoms with van der Waals surface area (Å²) in [5, 5.41) is 3.51. The molecule has 0 aliphatic heterocycles. The van der Waals surface area contributed by atoms with E-state index in [0.29, 0.717) is 19.2 Å². The molecule has 1 N–H and O–H groups in total. The van der Waals surface area contributed by atoms with Gasteiger partial charge in [-0.1, -0.05) is 0 Å². The summed E-state index contributed by atoms with van der Waals surface area (Å²) in [5.74, 6) is -0.0150. The molecule has 1 amide bonds. The standard InChI is InChI=1S/C18H34N2O4/c1-7-23-16(21)14-8-10-15(11-9-14)19-12-13(2)20(6)17(22)24-18(3,4)5/h13-15,19H,7-12H2,1-6H3. The molecular formula is C18H34N2O4. The zero-order chi connectivity index (χ0) is 18.3. The van der Waals surface area contributed by atoms with E-state index in [2.05, 4.69) is 5.32 Å². The van der Waals surface area contributed by atoms with E-state index >= 15 is 0 Å². The molecule has 0 aromatic heterocycles. The molecule has 0 aromatic rings. The van der Waals surface area contributed by atoms with E-state index in [1.54, 1.807) is 11.9 Å². The Morgan fingerprint density at radius 1 is 1.21 bits per heavy atom. The second kappa shape index (κ2) is 9.25. The van der Waals surface area contributed by atoms with Crippen molar-refractivity contribution in [2.75, 3.05) is 20.2 Å². The zero-order valence-electron chi connectivity index (χ0n) is 16.1. The third-order valence-corrected chi connectivity index (χ3v) is 4.39. The van der Waals surface area contributed by atoms with E-state index in [-0.39, 0.29) is 24.0 Å². The number of ether oxygens (including phenoxy) is 2. The summed E-state index contributed by atoms with van der Waals surface area (Å²) >= 11 is 0. The summed E-state index contributed by atoms with van der Waals surface area (Å²) in [6.45, 7) is 10.6. The van der Waals surface area contributed by atoms with Crippen molar-refractivity contribution in [1.29, 1.82) is 0 Å². The molecule has 1 aliphatic rings. The SMILES string of the molecule is CCOC(=O)C1CCC(NCC(C)N(C)C(=O)OC(C)(C)C)CC1. The van der Waals surface area contributed by atoms with Gasteiger partial charge in [-0.05, 0) is 60.3 Å². The van der Waals surface area contributed by atoms with E-state index in [0.717, 1.165) is 25.7 Å². The number of esters is 1. The number of carbonyl (C=O) groups is 2. The maximum Gasteiger partial charge on any atom is 0.410 e. The summed E-state index contributed by atoms with van der Waals surface area (Å²) in [5.41, 5.74) is -0.482. The number of nitrogens with one attached hydrogen (secondary N) is 1. The van der Waals surface area contributed by atoms with Crippen molar-refractivity contribution >= 4 is 12.1 Å². The van der Waals surface area contributed by atoms with E-state index in [9.17, 15) is 9.59 Å². The molecule has 6 heteroatoms. The van der Waals surface area contributed by atoms with Gasteiger partial charge >= 0.3 is 12.1 Å². The van der Waals surface area contributed by atoms with Crippen molar-refractivity contribution in [1.82, 2.24) is 10.2 Å². The van der Waals surface area contributed by atoms with Crippen LogP contribution in [0.15, 0.2) is 0 Å². The molecule has 1 saturated carbocycles. The van der Waals surface area contributed by atoms with Crippen molar-refractivity contribution in [3.8, 4) is 0 Å². The van der Waals surface area contributed by atoms with Crippen LogP contribution in [0.2, 0.25) is 0 Å². The van der Waals surface area contributed by atoms with Gasteiger partial charge in [0.2, 0.25) is 0 Å². The van der Waals surface area contributed by atoms with Gasteiger partial charge in [0.1, 0.15) is 5.60 Å².